The van der Waals surface area contributed by atoms with Crippen LogP contribution in [0.15, 0.2) is 12.2 Å². The van der Waals surface area contributed by atoms with E-state index >= 15 is 0 Å². The fourth-order valence-corrected chi connectivity index (χ4v) is 2.54. The van der Waals surface area contributed by atoms with Crippen molar-refractivity contribution in [3.63, 3.8) is 0 Å². The summed E-state index contributed by atoms with van der Waals surface area (Å²) >= 11 is 0. The number of aliphatic hydroxyl groups is 1. The zero-order valence-electron chi connectivity index (χ0n) is 11.7. The molecule has 0 bridgehead atoms. The summed E-state index contributed by atoms with van der Waals surface area (Å²) in [5, 5.41) is 8.93. The van der Waals surface area contributed by atoms with Gasteiger partial charge in [-0.2, -0.15) is 0 Å². The minimum absolute atomic E-state index is 0.180. The highest BCUT2D eigenvalue weighted by molar-refractivity contribution is 6.74. The lowest BCUT2D eigenvalue weighted by molar-refractivity contribution is 0.242. The number of rotatable bonds is 6. The number of unbranched alkanes of at least 4 members (excludes halogenated alkanes) is 1. The van der Waals surface area contributed by atoms with Crippen LogP contribution in [-0.2, 0) is 4.43 Å². The summed E-state index contributed by atoms with van der Waals surface area (Å²) in [7, 11) is -1.64. The van der Waals surface area contributed by atoms with Crippen molar-refractivity contribution >= 4 is 8.32 Å². The number of hydrogen-bond acceptors (Lipinski definition) is 2. The standard InChI is InChI=1S/C13H28O2Si/c1-12(10-8-7-9-11-14)15-16(5,6)13(2,3)4/h8,10,12,14H,7,9,11H2,1-6H3/b10-8-/t12-/m0/s1. The number of allylic oxidation sites excluding steroid dienone is 1. The highest BCUT2D eigenvalue weighted by Gasteiger charge is 2.37. The second-order valence-electron chi connectivity index (χ2n) is 5.88. The van der Waals surface area contributed by atoms with Gasteiger partial charge >= 0.3 is 0 Å². The smallest absolute Gasteiger partial charge is 0.192 e. The van der Waals surface area contributed by atoms with Crippen molar-refractivity contribution in [2.45, 2.75) is 64.8 Å². The van der Waals surface area contributed by atoms with E-state index in [4.69, 9.17) is 9.53 Å². The Labute approximate surface area is 102 Å². The van der Waals surface area contributed by atoms with Gasteiger partial charge in [0.2, 0.25) is 0 Å². The van der Waals surface area contributed by atoms with Crippen LogP contribution in [0.5, 0.6) is 0 Å². The Kier molecular flexibility index (Phi) is 6.52. The van der Waals surface area contributed by atoms with E-state index in [9.17, 15) is 0 Å². The van der Waals surface area contributed by atoms with E-state index in [2.05, 4.69) is 52.9 Å². The maximum atomic E-state index is 8.67. The van der Waals surface area contributed by atoms with Crippen LogP contribution >= 0.6 is 0 Å². The molecule has 0 aliphatic heterocycles. The van der Waals surface area contributed by atoms with Gasteiger partial charge in [-0.05, 0) is 37.9 Å². The van der Waals surface area contributed by atoms with Crippen LogP contribution in [0.1, 0.15) is 40.5 Å². The Bertz CT molecular complexity index is 216. The molecule has 0 unspecified atom stereocenters. The Morgan fingerprint density at radius 2 is 1.88 bits per heavy atom. The van der Waals surface area contributed by atoms with Crippen LogP contribution in [0, 0.1) is 0 Å². The highest BCUT2D eigenvalue weighted by Crippen LogP contribution is 2.37. The molecule has 2 nitrogen and oxygen atoms in total. The summed E-state index contributed by atoms with van der Waals surface area (Å²) in [6, 6.07) is 0. The molecular formula is C13H28O2Si. The van der Waals surface area contributed by atoms with Crippen molar-refractivity contribution in [3.8, 4) is 0 Å². The molecule has 0 aromatic heterocycles. The summed E-state index contributed by atoms with van der Waals surface area (Å²) in [6.07, 6.45) is 6.16. The number of hydrogen-bond donors (Lipinski definition) is 1. The van der Waals surface area contributed by atoms with Crippen LogP contribution in [0.25, 0.3) is 0 Å². The topological polar surface area (TPSA) is 29.5 Å². The van der Waals surface area contributed by atoms with Crippen molar-refractivity contribution < 1.29 is 9.53 Å². The van der Waals surface area contributed by atoms with E-state index in [0.717, 1.165) is 12.8 Å². The van der Waals surface area contributed by atoms with Crippen LogP contribution < -0.4 is 0 Å². The Morgan fingerprint density at radius 3 is 2.31 bits per heavy atom. The molecule has 0 rings (SSSR count). The molecule has 0 radical (unpaired) electrons. The van der Waals surface area contributed by atoms with E-state index in [1.807, 2.05) is 0 Å². The van der Waals surface area contributed by atoms with Gasteiger partial charge < -0.3 is 9.53 Å². The quantitative estimate of drug-likeness (QED) is 0.438. The fraction of sp³-hybridized carbons (Fsp3) is 0.846. The molecule has 0 aromatic rings. The van der Waals surface area contributed by atoms with Crippen molar-refractivity contribution in [1.29, 1.82) is 0 Å². The first-order valence-electron chi connectivity index (χ1n) is 6.16. The van der Waals surface area contributed by atoms with E-state index in [1.54, 1.807) is 0 Å². The molecule has 0 saturated heterocycles. The zero-order chi connectivity index (χ0) is 12.8. The highest BCUT2D eigenvalue weighted by atomic mass is 28.4. The van der Waals surface area contributed by atoms with Gasteiger partial charge in [0.1, 0.15) is 0 Å². The van der Waals surface area contributed by atoms with E-state index in [-0.39, 0.29) is 17.7 Å². The Balaban J connectivity index is 4.13. The van der Waals surface area contributed by atoms with E-state index in [0.29, 0.717) is 0 Å². The normalized spacial score (nSPS) is 15.7. The SMILES string of the molecule is C[C@@H](/C=C\CCCO)O[Si](C)(C)C(C)(C)C. The third-order valence-corrected chi connectivity index (χ3v) is 7.80. The van der Waals surface area contributed by atoms with Gasteiger partial charge in [-0.1, -0.05) is 32.9 Å². The molecule has 16 heavy (non-hydrogen) atoms. The van der Waals surface area contributed by atoms with Gasteiger partial charge in [-0.15, -0.1) is 0 Å². The molecule has 0 aliphatic rings. The van der Waals surface area contributed by atoms with E-state index in [1.165, 1.54) is 0 Å². The Morgan fingerprint density at radius 1 is 1.31 bits per heavy atom. The molecule has 1 N–H and O–H groups in total. The predicted octanol–water partition coefficient (Wildman–Crippen LogP) is 3.73. The monoisotopic (exact) mass is 244 g/mol. The summed E-state index contributed by atoms with van der Waals surface area (Å²) in [5.41, 5.74) is 0. The average Bonchev–Trinajstić information content (AvgIpc) is 2.10. The molecule has 0 aliphatic carbocycles. The Hall–Kier alpha value is -0.123. The lowest BCUT2D eigenvalue weighted by Crippen LogP contribution is -2.42. The summed E-state index contributed by atoms with van der Waals surface area (Å²) in [4.78, 5) is 0. The van der Waals surface area contributed by atoms with E-state index < -0.39 is 8.32 Å². The zero-order valence-corrected chi connectivity index (χ0v) is 12.7. The molecule has 1 atom stereocenters. The number of aliphatic hydroxyl groups excluding tert-OH is 1. The lowest BCUT2D eigenvalue weighted by Gasteiger charge is -2.37. The van der Waals surface area contributed by atoms with Crippen molar-refractivity contribution in [1.82, 2.24) is 0 Å². The second kappa shape index (κ2) is 6.57. The lowest BCUT2D eigenvalue weighted by atomic mass is 10.2. The van der Waals surface area contributed by atoms with Gasteiger partial charge in [0.05, 0.1) is 6.10 Å². The maximum absolute atomic E-state index is 8.67. The van der Waals surface area contributed by atoms with Crippen LogP contribution in [0.4, 0.5) is 0 Å². The molecular weight excluding hydrogens is 216 g/mol. The average molecular weight is 244 g/mol. The molecule has 0 amide bonds. The minimum Gasteiger partial charge on any atom is -0.411 e. The molecule has 3 heteroatoms. The van der Waals surface area contributed by atoms with Gasteiger partial charge in [-0.3, -0.25) is 0 Å². The van der Waals surface area contributed by atoms with Crippen molar-refractivity contribution in [3.05, 3.63) is 12.2 Å². The van der Waals surface area contributed by atoms with Crippen LogP contribution in [-0.4, -0.2) is 26.1 Å². The third kappa shape index (κ3) is 5.82. The van der Waals surface area contributed by atoms with Crippen LogP contribution in [0.3, 0.4) is 0 Å². The first kappa shape index (κ1) is 15.9. The second-order valence-corrected chi connectivity index (χ2v) is 10.6. The van der Waals surface area contributed by atoms with Gasteiger partial charge in [-0.25, -0.2) is 0 Å². The predicted molar refractivity (Wildman–Crippen MR) is 73.2 cm³/mol. The molecule has 0 saturated carbocycles. The van der Waals surface area contributed by atoms with Crippen molar-refractivity contribution in [2.24, 2.45) is 0 Å². The van der Waals surface area contributed by atoms with Crippen LogP contribution in [0.2, 0.25) is 18.1 Å². The molecule has 0 fully saturated rings. The molecule has 0 aromatic carbocycles. The van der Waals surface area contributed by atoms with Gasteiger partial charge in [0.25, 0.3) is 0 Å². The third-order valence-electron chi connectivity index (χ3n) is 3.22. The molecule has 0 spiro atoms. The van der Waals surface area contributed by atoms with Crippen molar-refractivity contribution in [2.75, 3.05) is 6.61 Å². The first-order chi connectivity index (χ1) is 7.20. The largest absolute Gasteiger partial charge is 0.411 e. The maximum Gasteiger partial charge on any atom is 0.192 e. The van der Waals surface area contributed by atoms with Gasteiger partial charge in [0.15, 0.2) is 8.32 Å². The van der Waals surface area contributed by atoms with Gasteiger partial charge in [0, 0.05) is 6.61 Å². The summed E-state index contributed by atoms with van der Waals surface area (Å²) in [6.45, 7) is 13.7. The minimum atomic E-state index is -1.64. The first-order valence-corrected chi connectivity index (χ1v) is 9.07. The molecule has 96 valence electrons. The summed E-state index contributed by atoms with van der Waals surface area (Å²) < 4.78 is 6.17. The fourth-order valence-electron chi connectivity index (χ4n) is 1.18. The molecule has 0 heterocycles. The summed E-state index contributed by atoms with van der Waals surface area (Å²) in [5.74, 6) is 0.